The summed E-state index contributed by atoms with van der Waals surface area (Å²) in [6.45, 7) is 2.19. The number of carbonyl (C=O) groups is 1. The van der Waals surface area contributed by atoms with Crippen LogP contribution in [0.15, 0.2) is 12.2 Å². The van der Waals surface area contributed by atoms with Crippen LogP contribution in [0.4, 0.5) is 0 Å². The first-order valence-corrected chi connectivity index (χ1v) is 8.96. The van der Waals surface area contributed by atoms with Crippen LogP contribution in [0.1, 0.15) is 90.4 Å². The maximum atomic E-state index is 11.0. The van der Waals surface area contributed by atoms with Crippen molar-refractivity contribution in [2.45, 2.75) is 96.4 Å². The van der Waals surface area contributed by atoms with E-state index in [9.17, 15) is 14.9 Å². The van der Waals surface area contributed by atoms with Crippen molar-refractivity contribution in [3.05, 3.63) is 22.3 Å². The zero-order chi connectivity index (χ0) is 16.5. The van der Waals surface area contributed by atoms with E-state index in [2.05, 4.69) is 6.92 Å². The molecule has 4 nitrogen and oxygen atoms in total. The van der Waals surface area contributed by atoms with Crippen molar-refractivity contribution in [3.63, 3.8) is 0 Å². The van der Waals surface area contributed by atoms with Gasteiger partial charge in [-0.05, 0) is 31.8 Å². The van der Waals surface area contributed by atoms with Crippen LogP contribution in [0.5, 0.6) is 0 Å². The third-order valence-corrected chi connectivity index (χ3v) is 3.93. The van der Waals surface area contributed by atoms with E-state index in [1.807, 2.05) is 6.08 Å². The highest BCUT2D eigenvalue weighted by atomic mass is 16.6. The molecular weight excluding hydrogens is 278 g/mol. The Kier molecular flexibility index (Phi) is 15.3. The summed E-state index contributed by atoms with van der Waals surface area (Å²) < 4.78 is 0. The van der Waals surface area contributed by atoms with Gasteiger partial charge in [0.25, 0.3) is 0 Å². The van der Waals surface area contributed by atoms with Gasteiger partial charge in [-0.15, -0.1) is 0 Å². The molecule has 0 N–H and O–H groups in total. The Labute approximate surface area is 135 Å². The summed E-state index contributed by atoms with van der Waals surface area (Å²) in [6, 6.07) is -0.513. The van der Waals surface area contributed by atoms with E-state index < -0.39 is 6.04 Å². The third-order valence-electron chi connectivity index (χ3n) is 3.93. The molecule has 0 aromatic heterocycles. The van der Waals surface area contributed by atoms with Gasteiger partial charge in [0.15, 0.2) is 0 Å². The fraction of sp³-hybridized carbons (Fsp3) is 0.833. The van der Waals surface area contributed by atoms with Gasteiger partial charge in [-0.2, -0.15) is 0 Å². The smallest absolute Gasteiger partial charge is 0.231 e. The number of hydrogen-bond donors (Lipinski definition) is 0. The lowest BCUT2D eigenvalue weighted by atomic mass is 10.0. The average Bonchev–Trinajstić information content (AvgIpc) is 2.50. The number of nitro groups is 1. The molecule has 0 aromatic carbocycles. The van der Waals surface area contributed by atoms with Gasteiger partial charge in [0.05, 0.1) is 0 Å². The molecule has 0 saturated heterocycles. The summed E-state index contributed by atoms with van der Waals surface area (Å²) >= 11 is 0. The zero-order valence-electron chi connectivity index (χ0n) is 14.2. The minimum atomic E-state index is -0.513. The van der Waals surface area contributed by atoms with Gasteiger partial charge < -0.3 is 4.79 Å². The van der Waals surface area contributed by atoms with Gasteiger partial charge in [0.2, 0.25) is 6.04 Å². The molecule has 0 saturated carbocycles. The van der Waals surface area contributed by atoms with Gasteiger partial charge >= 0.3 is 0 Å². The fourth-order valence-corrected chi connectivity index (χ4v) is 2.50. The van der Waals surface area contributed by atoms with Crippen LogP contribution in [0.25, 0.3) is 0 Å². The maximum Gasteiger partial charge on any atom is 0.231 e. The maximum absolute atomic E-state index is 11.0. The second-order valence-corrected chi connectivity index (χ2v) is 6.00. The van der Waals surface area contributed by atoms with Gasteiger partial charge in [0, 0.05) is 17.8 Å². The molecular formula is C18H33NO3. The molecule has 0 amide bonds. The predicted molar refractivity (Wildman–Crippen MR) is 91.7 cm³/mol. The molecule has 0 aliphatic rings. The predicted octanol–water partition coefficient (Wildman–Crippen LogP) is 5.48. The molecule has 0 aliphatic carbocycles. The first kappa shape index (κ1) is 20.8. The van der Waals surface area contributed by atoms with Crippen LogP contribution in [-0.4, -0.2) is 17.3 Å². The van der Waals surface area contributed by atoms with Crippen molar-refractivity contribution < 1.29 is 9.72 Å². The number of allylic oxidation sites excluding steroid dienone is 1. The van der Waals surface area contributed by atoms with Crippen LogP contribution in [-0.2, 0) is 4.79 Å². The lowest BCUT2D eigenvalue weighted by molar-refractivity contribution is -0.510. The molecule has 1 unspecified atom stereocenters. The van der Waals surface area contributed by atoms with Gasteiger partial charge in [-0.1, -0.05) is 57.9 Å². The fourth-order valence-electron chi connectivity index (χ4n) is 2.50. The Hall–Kier alpha value is -1.19. The van der Waals surface area contributed by atoms with Crippen molar-refractivity contribution in [2.75, 3.05) is 0 Å². The Morgan fingerprint density at radius 3 is 2.14 bits per heavy atom. The van der Waals surface area contributed by atoms with E-state index in [4.69, 9.17) is 0 Å². The molecule has 0 aromatic rings. The molecule has 0 spiro atoms. The molecule has 0 rings (SSSR count). The Bertz CT molecular complexity index is 303. The molecule has 0 aliphatic heterocycles. The van der Waals surface area contributed by atoms with Gasteiger partial charge in [0.1, 0.15) is 6.29 Å². The monoisotopic (exact) mass is 311 g/mol. The normalized spacial score (nSPS) is 12.6. The third kappa shape index (κ3) is 13.8. The summed E-state index contributed by atoms with van der Waals surface area (Å²) in [7, 11) is 0. The first-order chi connectivity index (χ1) is 10.7. The van der Waals surface area contributed by atoms with E-state index in [0.717, 1.165) is 51.2 Å². The lowest BCUT2D eigenvalue weighted by Crippen LogP contribution is -2.16. The quantitative estimate of drug-likeness (QED) is 0.125. The summed E-state index contributed by atoms with van der Waals surface area (Å²) in [5.41, 5.74) is 0. The number of aldehydes is 1. The van der Waals surface area contributed by atoms with Crippen molar-refractivity contribution >= 4 is 6.29 Å². The van der Waals surface area contributed by atoms with Gasteiger partial charge in [-0.3, -0.25) is 10.1 Å². The second kappa shape index (κ2) is 16.2. The minimum Gasteiger partial charge on any atom is -0.303 e. The average molecular weight is 311 g/mol. The van der Waals surface area contributed by atoms with Crippen molar-refractivity contribution in [3.8, 4) is 0 Å². The molecule has 0 fully saturated rings. The van der Waals surface area contributed by atoms with Crippen LogP contribution in [0, 0.1) is 10.1 Å². The number of unbranched alkanes of at least 4 members (excludes halogenated alkanes) is 10. The van der Waals surface area contributed by atoms with E-state index in [0.29, 0.717) is 12.8 Å². The molecule has 0 bridgehead atoms. The number of nitrogens with zero attached hydrogens (tertiary/aromatic N) is 1. The highest BCUT2D eigenvalue weighted by Gasteiger charge is 2.14. The largest absolute Gasteiger partial charge is 0.303 e. The van der Waals surface area contributed by atoms with Crippen LogP contribution in [0.3, 0.4) is 0 Å². The van der Waals surface area contributed by atoms with Crippen molar-refractivity contribution in [1.29, 1.82) is 0 Å². The summed E-state index contributed by atoms with van der Waals surface area (Å²) in [5, 5.41) is 11.0. The van der Waals surface area contributed by atoms with E-state index in [-0.39, 0.29) is 4.92 Å². The van der Waals surface area contributed by atoms with Crippen molar-refractivity contribution in [1.82, 2.24) is 0 Å². The second-order valence-electron chi connectivity index (χ2n) is 6.00. The van der Waals surface area contributed by atoms with Crippen LogP contribution >= 0.6 is 0 Å². The SMILES string of the molecule is CCCCCCCCC(/C=C/CCCCCCC=O)[N+](=O)[O-]. The zero-order valence-corrected chi connectivity index (χ0v) is 14.2. The van der Waals surface area contributed by atoms with E-state index in [1.165, 1.54) is 25.7 Å². The minimum absolute atomic E-state index is 0.160. The van der Waals surface area contributed by atoms with Gasteiger partial charge in [-0.25, -0.2) is 0 Å². The molecule has 0 heterocycles. The topological polar surface area (TPSA) is 60.2 Å². The van der Waals surface area contributed by atoms with Crippen LogP contribution in [0.2, 0.25) is 0 Å². The summed E-state index contributed by atoms with van der Waals surface area (Å²) in [5.74, 6) is 0. The summed E-state index contributed by atoms with van der Waals surface area (Å²) in [4.78, 5) is 21.0. The van der Waals surface area contributed by atoms with E-state index >= 15 is 0 Å². The molecule has 22 heavy (non-hydrogen) atoms. The lowest BCUT2D eigenvalue weighted by Gasteiger charge is -2.05. The first-order valence-electron chi connectivity index (χ1n) is 8.96. The molecule has 4 heteroatoms. The number of carbonyl (C=O) groups excluding carboxylic acids is 1. The highest BCUT2D eigenvalue weighted by molar-refractivity contribution is 5.48. The molecule has 0 radical (unpaired) electrons. The van der Waals surface area contributed by atoms with Crippen molar-refractivity contribution in [2.24, 2.45) is 0 Å². The molecule has 1 atom stereocenters. The summed E-state index contributed by atoms with van der Waals surface area (Å²) in [6.07, 6.45) is 18.1. The number of hydrogen-bond acceptors (Lipinski definition) is 3. The standard InChI is InChI=1S/C18H33NO3/c1-2-3-4-5-9-12-15-18(19(21)22)16-13-10-7-6-8-11-14-17-20/h13,16-18H,2-12,14-15H2,1H3/b16-13+. The Morgan fingerprint density at radius 2 is 1.50 bits per heavy atom. The Balaban J connectivity index is 3.68. The number of rotatable bonds is 16. The molecule has 128 valence electrons. The van der Waals surface area contributed by atoms with Crippen LogP contribution < -0.4 is 0 Å². The van der Waals surface area contributed by atoms with E-state index in [1.54, 1.807) is 6.08 Å². The Morgan fingerprint density at radius 1 is 0.909 bits per heavy atom. The highest BCUT2D eigenvalue weighted by Crippen LogP contribution is 2.12.